The molecule has 2 aromatic carbocycles. The van der Waals surface area contributed by atoms with E-state index >= 15 is 0 Å². The van der Waals surface area contributed by atoms with Crippen LogP contribution in [-0.4, -0.2) is 51.1 Å². The Morgan fingerprint density at radius 2 is 1.70 bits per heavy atom. The molecule has 0 aromatic heterocycles. The first-order chi connectivity index (χ1) is 13.0. The Balaban J connectivity index is 1.76. The first kappa shape index (κ1) is 20.6. The minimum Gasteiger partial charge on any atom is -0.497 e. The number of carbonyl (C=O) groups excluding carboxylic acids is 1. The number of carbonyl (C=O) groups is 1. The van der Waals surface area contributed by atoms with E-state index < -0.39 is 0 Å². The van der Waals surface area contributed by atoms with Crippen molar-refractivity contribution in [1.29, 1.82) is 0 Å². The van der Waals surface area contributed by atoms with Crippen LogP contribution in [0.1, 0.15) is 15.9 Å². The predicted molar refractivity (Wildman–Crippen MR) is 110 cm³/mol. The fraction of sp³-hybridized carbons (Fsp3) is 0.300. The largest absolute Gasteiger partial charge is 0.497 e. The van der Waals surface area contributed by atoms with Gasteiger partial charge in [-0.15, -0.1) is 0 Å². The highest BCUT2D eigenvalue weighted by molar-refractivity contribution is 6.30. The lowest BCUT2D eigenvalue weighted by Crippen LogP contribution is -2.42. The Morgan fingerprint density at radius 1 is 1.07 bits per heavy atom. The summed E-state index contributed by atoms with van der Waals surface area (Å²) in [6.07, 6.45) is 0. The highest BCUT2D eigenvalue weighted by Gasteiger charge is 2.08. The van der Waals surface area contributed by atoms with E-state index in [2.05, 4.69) is 15.6 Å². The SMILES string of the molecule is CN=C(NCCNC(=O)c1ccc(OC)cc1)N(C)Cc1ccc(Cl)cc1. The number of hydrogen-bond donors (Lipinski definition) is 2. The van der Waals surface area contributed by atoms with Gasteiger partial charge >= 0.3 is 0 Å². The summed E-state index contributed by atoms with van der Waals surface area (Å²) in [5.74, 6) is 1.35. The minimum atomic E-state index is -0.121. The van der Waals surface area contributed by atoms with Gasteiger partial charge in [0.05, 0.1) is 7.11 Å². The molecule has 2 rings (SSSR count). The van der Waals surface area contributed by atoms with Crippen molar-refractivity contribution in [3.05, 3.63) is 64.7 Å². The number of ether oxygens (including phenoxy) is 1. The van der Waals surface area contributed by atoms with Gasteiger partial charge in [0.15, 0.2) is 5.96 Å². The van der Waals surface area contributed by atoms with Gasteiger partial charge in [0.25, 0.3) is 5.91 Å². The second kappa shape index (κ2) is 10.4. The van der Waals surface area contributed by atoms with E-state index in [1.807, 2.05) is 36.2 Å². The van der Waals surface area contributed by atoms with Gasteiger partial charge in [-0.25, -0.2) is 0 Å². The molecule has 6 nitrogen and oxygen atoms in total. The van der Waals surface area contributed by atoms with E-state index in [4.69, 9.17) is 16.3 Å². The lowest BCUT2D eigenvalue weighted by atomic mass is 10.2. The van der Waals surface area contributed by atoms with Gasteiger partial charge in [0.1, 0.15) is 5.75 Å². The van der Waals surface area contributed by atoms with Gasteiger partial charge in [0, 0.05) is 44.3 Å². The number of aliphatic imine (C=N–C) groups is 1. The molecule has 0 fully saturated rings. The van der Waals surface area contributed by atoms with E-state index in [1.54, 1.807) is 38.4 Å². The normalized spacial score (nSPS) is 11.0. The molecule has 0 heterocycles. The summed E-state index contributed by atoms with van der Waals surface area (Å²) in [5, 5.41) is 6.84. The molecule has 27 heavy (non-hydrogen) atoms. The molecule has 1 amide bonds. The zero-order chi connectivity index (χ0) is 19.6. The quantitative estimate of drug-likeness (QED) is 0.435. The third kappa shape index (κ3) is 6.49. The molecule has 0 atom stereocenters. The molecule has 0 spiro atoms. The topological polar surface area (TPSA) is 66.0 Å². The monoisotopic (exact) mass is 388 g/mol. The highest BCUT2D eigenvalue weighted by Crippen LogP contribution is 2.11. The third-order valence-corrected chi connectivity index (χ3v) is 4.20. The number of nitrogens with one attached hydrogen (secondary N) is 2. The van der Waals surface area contributed by atoms with E-state index in [1.165, 1.54) is 0 Å². The molecule has 0 saturated heterocycles. The Hall–Kier alpha value is -2.73. The van der Waals surface area contributed by atoms with Crippen LogP contribution in [0.3, 0.4) is 0 Å². The second-order valence-corrected chi connectivity index (χ2v) is 6.38. The third-order valence-electron chi connectivity index (χ3n) is 3.95. The van der Waals surface area contributed by atoms with Crippen molar-refractivity contribution >= 4 is 23.5 Å². The summed E-state index contributed by atoms with van der Waals surface area (Å²) in [6.45, 7) is 1.76. The summed E-state index contributed by atoms with van der Waals surface area (Å²) >= 11 is 5.92. The predicted octanol–water partition coefficient (Wildman–Crippen LogP) is 2.79. The maximum Gasteiger partial charge on any atom is 0.251 e. The van der Waals surface area contributed by atoms with Crippen LogP contribution < -0.4 is 15.4 Å². The number of halogens is 1. The standard InChI is InChI=1S/C20H25ClN4O2/c1-22-20(25(2)14-15-4-8-17(21)9-5-15)24-13-12-23-19(26)16-6-10-18(27-3)11-7-16/h4-11H,12-14H2,1-3H3,(H,22,24)(H,23,26). The Labute approximate surface area is 165 Å². The molecule has 7 heteroatoms. The average molecular weight is 389 g/mol. The van der Waals surface area contributed by atoms with Crippen LogP contribution in [0.4, 0.5) is 0 Å². The van der Waals surface area contributed by atoms with Crippen LogP contribution in [0.25, 0.3) is 0 Å². The summed E-state index contributed by atoms with van der Waals surface area (Å²) in [6, 6.07) is 14.7. The summed E-state index contributed by atoms with van der Waals surface area (Å²) < 4.78 is 5.09. The summed E-state index contributed by atoms with van der Waals surface area (Å²) in [7, 11) is 5.29. The van der Waals surface area contributed by atoms with Gasteiger partial charge < -0.3 is 20.3 Å². The number of benzene rings is 2. The zero-order valence-electron chi connectivity index (χ0n) is 15.8. The van der Waals surface area contributed by atoms with Gasteiger partial charge in [-0.3, -0.25) is 9.79 Å². The lowest BCUT2D eigenvalue weighted by Gasteiger charge is -2.22. The molecule has 0 aliphatic carbocycles. The van der Waals surface area contributed by atoms with Gasteiger partial charge in [-0.2, -0.15) is 0 Å². The fourth-order valence-electron chi connectivity index (χ4n) is 2.52. The van der Waals surface area contributed by atoms with Crippen molar-refractivity contribution in [3.63, 3.8) is 0 Å². The van der Waals surface area contributed by atoms with Crippen molar-refractivity contribution in [2.75, 3.05) is 34.3 Å². The molecule has 0 radical (unpaired) electrons. The Bertz CT molecular complexity index is 761. The zero-order valence-corrected chi connectivity index (χ0v) is 16.6. The number of guanidine groups is 1. The minimum absolute atomic E-state index is 0.121. The van der Waals surface area contributed by atoms with Crippen LogP contribution in [-0.2, 0) is 6.54 Å². The van der Waals surface area contributed by atoms with E-state index in [9.17, 15) is 4.79 Å². The van der Waals surface area contributed by atoms with E-state index in [0.29, 0.717) is 25.2 Å². The average Bonchev–Trinajstić information content (AvgIpc) is 2.69. The van der Waals surface area contributed by atoms with Crippen molar-refractivity contribution < 1.29 is 9.53 Å². The van der Waals surface area contributed by atoms with Crippen LogP contribution in [0.15, 0.2) is 53.5 Å². The Kier molecular flexibility index (Phi) is 7.95. The van der Waals surface area contributed by atoms with Crippen molar-refractivity contribution in [3.8, 4) is 5.75 Å². The van der Waals surface area contributed by atoms with Gasteiger partial charge in [0.2, 0.25) is 0 Å². The molecule has 2 N–H and O–H groups in total. The molecule has 2 aromatic rings. The first-order valence-electron chi connectivity index (χ1n) is 8.62. The van der Waals surface area contributed by atoms with E-state index in [0.717, 1.165) is 22.3 Å². The van der Waals surface area contributed by atoms with Gasteiger partial charge in [-0.1, -0.05) is 23.7 Å². The van der Waals surface area contributed by atoms with Crippen LogP contribution in [0.5, 0.6) is 5.75 Å². The van der Waals surface area contributed by atoms with Crippen molar-refractivity contribution in [1.82, 2.24) is 15.5 Å². The first-order valence-corrected chi connectivity index (χ1v) is 8.99. The Morgan fingerprint density at radius 3 is 2.30 bits per heavy atom. The van der Waals surface area contributed by atoms with Crippen molar-refractivity contribution in [2.45, 2.75) is 6.54 Å². The maximum absolute atomic E-state index is 12.1. The number of methoxy groups -OCH3 is 1. The van der Waals surface area contributed by atoms with Crippen molar-refractivity contribution in [2.24, 2.45) is 4.99 Å². The molecular weight excluding hydrogens is 364 g/mol. The maximum atomic E-state index is 12.1. The van der Waals surface area contributed by atoms with Crippen LogP contribution >= 0.6 is 11.6 Å². The number of amides is 1. The number of rotatable bonds is 7. The molecule has 0 unspecified atom stereocenters. The summed E-state index contributed by atoms with van der Waals surface area (Å²) in [5.41, 5.74) is 1.73. The fourth-order valence-corrected chi connectivity index (χ4v) is 2.64. The summed E-state index contributed by atoms with van der Waals surface area (Å²) in [4.78, 5) is 18.4. The van der Waals surface area contributed by atoms with E-state index in [-0.39, 0.29) is 5.91 Å². The molecule has 0 saturated carbocycles. The van der Waals surface area contributed by atoms with Crippen LogP contribution in [0, 0.1) is 0 Å². The number of hydrogen-bond acceptors (Lipinski definition) is 3. The highest BCUT2D eigenvalue weighted by atomic mass is 35.5. The second-order valence-electron chi connectivity index (χ2n) is 5.94. The molecule has 0 aliphatic rings. The molecule has 0 aliphatic heterocycles. The molecule has 144 valence electrons. The molecular formula is C20H25ClN4O2. The van der Waals surface area contributed by atoms with Gasteiger partial charge in [-0.05, 0) is 42.0 Å². The molecule has 0 bridgehead atoms. The number of nitrogens with zero attached hydrogens (tertiary/aromatic N) is 2. The smallest absolute Gasteiger partial charge is 0.251 e. The lowest BCUT2D eigenvalue weighted by molar-refractivity contribution is 0.0954. The van der Waals surface area contributed by atoms with Crippen LogP contribution in [0.2, 0.25) is 5.02 Å².